The molecule has 1 N–H and O–H groups in total. The Morgan fingerprint density at radius 1 is 1.06 bits per heavy atom. The molecule has 0 saturated carbocycles. The van der Waals surface area contributed by atoms with E-state index in [0.29, 0.717) is 5.56 Å². The van der Waals surface area contributed by atoms with Crippen LogP contribution in [0.5, 0.6) is 5.75 Å². The number of aryl methyl sites for hydroxylation is 1. The van der Waals surface area contributed by atoms with Crippen LogP contribution < -0.4 is 0 Å². The molecule has 0 aliphatic rings. The number of benzene rings is 2. The van der Waals surface area contributed by atoms with Crippen molar-refractivity contribution < 1.29 is 13.9 Å². The Labute approximate surface area is 98.3 Å². The van der Waals surface area contributed by atoms with Crippen LogP contribution in [0.4, 0.5) is 8.78 Å². The van der Waals surface area contributed by atoms with Crippen molar-refractivity contribution >= 4 is 0 Å². The molecule has 3 heteroatoms. The number of alkyl halides is 2. The molecule has 0 aromatic heterocycles. The number of rotatable bonds is 2. The van der Waals surface area contributed by atoms with E-state index >= 15 is 0 Å². The molecule has 0 saturated heterocycles. The van der Waals surface area contributed by atoms with Crippen LogP contribution in [-0.2, 0) is 0 Å². The minimum Gasteiger partial charge on any atom is -0.508 e. The van der Waals surface area contributed by atoms with Crippen molar-refractivity contribution in [2.75, 3.05) is 0 Å². The number of phenolic OH excluding ortho intramolecular Hbond substituents is 1. The Morgan fingerprint density at radius 2 is 1.82 bits per heavy atom. The summed E-state index contributed by atoms with van der Waals surface area (Å²) in [6.07, 6.45) is -2.60. The van der Waals surface area contributed by atoms with Gasteiger partial charge < -0.3 is 5.11 Å². The second-order valence-electron chi connectivity index (χ2n) is 3.94. The molecule has 0 bridgehead atoms. The Hall–Kier alpha value is -1.90. The molecule has 0 radical (unpaired) electrons. The van der Waals surface area contributed by atoms with Gasteiger partial charge in [-0.3, -0.25) is 0 Å². The zero-order valence-electron chi connectivity index (χ0n) is 9.32. The van der Waals surface area contributed by atoms with Crippen molar-refractivity contribution in [3.63, 3.8) is 0 Å². The van der Waals surface area contributed by atoms with E-state index in [1.54, 1.807) is 6.07 Å². The maximum atomic E-state index is 12.9. The fourth-order valence-electron chi connectivity index (χ4n) is 1.81. The predicted octanol–water partition coefficient (Wildman–Crippen LogP) is 4.31. The third kappa shape index (κ3) is 2.44. The van der Waals surface area contributed by atoms with Crippen LogP contribution >= 0.6 is 0 Å². The van der Waals surface area contributed by atoms with E-state index in [1.165, 1.54) is 12.1 Å². The molecule has 0 heterocycles. The Kier molecular flexibility index (Phi) is 3.09. The normalized spacial score (nSPS) is 10.8. The molecular formula is C14H12F2O. The van der Waals surface area contributed by atoms with Crippen LogP contribution in [0.3, 0.4) is 0 Å². The second-order valence-corrected chi connectivity index (χ2v) is 3.94. The standard InChI is InChI=1S/C14H12F2O/c1-9-3-2-4-10(7-9)12-6-5-11(17)8-13(12)14(15)16/h2-8,14,17H,1H3. The first kappa shape index (κ1) is 11.6. The SMILES string of the molecule is Cc1cccc(-c2ccc(O)cc2C(F)F)c1. The second kappa shape index (κ2) is 4.53. The zero-order chi connectivity index (χ0) is 12.4. The highest BCUT2D eigenvalue weighted by Crippen LogP contribution is 2.33. The van der Waals surface area contributed by atoms with Crippen molar-refractivity contribution in [1.82, 2.24) is 0 Å². The molecule has 2 aromatic rings. The van der Waals surface area contributed by atoms with Crippen LogP contribution in [0.2, 0.25) is 0 Å². The lowest BCUT2D eigenvalue weighted by Gasteiger charge is -2.10. The molecule has 1 nitrogen and oxygen atoms in total. The summed E-state index contributed by atoms with van der Waals surface area (Å²) in [4.78, 5) is 0. The summed E-state index contributed by atoms with van der Waals surface area (Å²) >= 11 is 0. The Bertz CT molecular complexity index is 535. The average Bonchev–Trinajstić information content (AvgIpc) is 2.28. The van der Waals surface area contributed by atoms with Crippen molar-refractivity contribution in [3.8, 4) is 16.9 Å². The van der Waals surface area contributed by atoms with Gasteiger partial charge >= 0.3 is 0 Å². The van der Waals surface area contributed by atoms with Crippen LogP contribution in [0, 0.1) is 6.92 Å². The van der Waals surface area contributed by atoms with E-state index in [4.69, 9.17) is 0 Å². The van der Waals surface area contributed by atoms with Gasteiger partial charge in [0.25, 0.3) is 6.43 Å². The number of phenols is 1. The van der Waals surface area contributed by atoms with Crippen LogP contribution in [0.25, 0.3) is 11.1 Å². The van der Waals surface area contributed by atoms with Gasteiger partial charge in [0.1, 0.15) is 5.75 Å². The highest BCUT2D eigenvalue weighted by atomic mass is 19.3. The van der Waals surface area contributed by atoms with E-state index in [9.17, 15) is 13.9 Å². The molecule has 0 amide bonds. The lowest BCUT2D eigenvalue weighted by molar-refractivity contribution is 0.151. The molecule has 0 aliphatic carbocycles. The van der Waals surface area contributed by atoms with Crippen LogP contribution in [0.15, 0.2) is 42.5 Å². The minimum absolute atomic E-state index is 0.142. The van der Waals surface area contributed by atoms with Gasteiger partial charge in [-0.2, -0.15) is 0 Å². The summed E-state index contributed by atoms with van der Waals surface area (Å²) in [7, 11) is 0. The molecule has 0 spiro atoms. The number of hydrogen-bond donors (Lipinski definition) is 1. The minimum atomic E-state index is -2.60. The summed E-state index contributed by atoms with van der Waals surface area (Å²) in [6.45, 7) is 1.91. The van der Waals surface area contributed by atoms with Crippen LogP contribution in [-0.4, -0.2) is 5.11 Å². The van der Waals surface area contributed by atoms with Crippen molar-refractivity contribution in [1.29, 1.82) is 0 Å². The Balaban J connectivity index is 2.59. The summed E-state index contributed by atoms with van der Waals surface area (Å²) in [6, 6.07) is 11.4. The molecule has 88 valence electrons. The highest BCUT2D eigenvalue weighted by Gasteiger charge is 2.14. The molecule has 0 fully saturated rings. The molecule has 0 unspecified atom stereocenters. The zero-order valence-corrected chi connectivity index (χ0v) is 9.32. The van der Waals surface area contributed by atoms with Gasteiger partial charge in [0.2, 0.25) is 0 Å². The lowest BCUT2D eigenvalue weighted by atomic mass is 9.98. The van der Waals surface area contributed by atoms with Gasteiger partial charge in [-0.05, 0) is 30.2 Å². The number of hydrogen-bond acceptors (Lipinski definition) is 1. The smallest absolute Gasteiger partial charge is 0.264 e. The maximum absolute atomic E-state index is 12.9. The van der Waals surface area contributed by atoms with Gasteiger partial charge in [0.15, 0.2) is 0 Å². The van der Waals surface area contributed by atoms with E-state index in [0.717, 1.165) is 17.2 Å². The summed E-state index contributed by atoms with van der Waals surface area (Å²) in [5.41, 5.74) is 2.06. The number of aromatic hydroxyl groups is 1. The lowest BCUT2D eigenvalue weighted by Crippen LogP contribution is -1.90. The molecule has 0 aliphatic heterocycles. The van der Waals surface area contributed by atoms with Gasteiger partial charge in [-0.1, -0.05) is 35.9 Å². The largest absolute Gasteiger partial charge is 0.508 e. The third-order valence-corrected chi connectivity index (χ3v) is 2.60. The first-order chi connectivity index (χ1) is 8.08. The van der Waals surface area contributed by atoms with Gasteiger partial charge in [0, 0.05) is 5.56 Å². The monoisotopic (exact) mass is 234 g/mol. The fraction of sp³-hybridized carbons (Fsp3) is 0.143. The summed E-state index contributed by atoms with van der Waals surface area (Å²) in [5, 5.41) is 9.25. The third-order valence-electron chi connectivity index (χ3n) is 2.60. The summed E-state index contributed by atoms with van der Waals surface area (Å²) in [5.74, 6) is -0.142. The highest BCUT2D eigenvalue weighted by molar-refractivity contribution is 5.69. The maximum Gasteiger partial charge on any atom is 0.264 e. The summed E-state index contributed by atoms with van der Waals surface area (Å²) < 4.78 is 25.8. The molecule has 2 aromatic carbocycles. The predicted molar refractivity (Wildman–Crippen MR) is 63.2 cm³/mol. The van der Waals surface area contributed by atoms with Gasteiger partial charge in [-0.15, -0.1) is 0 Å². The molecule has 0 atom stereocenters. The van der Waals surface area contributed by atoms with Gasteiger partial charge in [-0.25, -0.2) is 8.78 Å². The topological polar surface area (TPSA) is 20.2 Å². The van der Waals surface area contributed by atoms with E-state index in [1.807, 2.05) is 25.1 Å². The van der Waals surface area contributed by atoms with Gasteiger partial charge in [0.05, 0.1) is 0 Å². The fourth-order valence-corrected chi connectivity index (χ4v) is 1.81. The van der Waals surface area contributed by atoms with Crippen molar-refractivity contribution in [2.24, 2.45) is 0 Å². The molecule has 2 rings (SSSR count). The number of halogens is 2. The van der Waals surface area contributed by atoms with E-state index in [2.05, 4.69) is 0 Å². The average molecular weight is 234 g/mol. The van der Waals surface area contributed by atoms with E-state index < -0.39 is 6.43 Å². The quantitative estimate of drug-likeness (QED) is 0.821. The first-order valence-corrected chi connectivity index (χ1v) is 5.26. The van der Waals surface area contributed by atoms with E-state index in [-0.39, 0.29) is 11.3 Å². The Morgan fingerprint density at radius 3 is 2.47 bits per heavy atom. The molecule has 17 heavy (non-hydrogen) atoms. The van der Waals surface area contributed by atoms with Crippen LogP contribution in [0.1, 0.15) is 17.6 Å². The van der Waals surface area contributed by atoms with Crippen molar-refractivity contribution in [2.45, 2.75) is 13.3 Å². The van der Waals surface area contributed by atoms with Crippen molar-refractivity contribution in [3.05, 3.63) is 53.6 Å². The first-order valence-electron chi connectivity index (χ1n) is 5.26. The molecular weight excluding hydrogens is 222 g/mol.